The standard InChI is InChI=1S/C13H16ClFN2O/c14-5-6-16-7-9-17(10-8-16)13(18)11-1-3-12(15)4-2-11/h1-4H,5-10H2. The van der Waals surface area contributed by atoms with Crippen LogP contribution in [0.5, 0.6) is 0 Å². The summed E-state index contributed by atoms with van der Waals surface area (Å²) in [6.45, 7) is 3.96. The Hall–Kier alpha value is -1.13. The second-order valence-electron chi connectivity index (χ2n) is 4.33. The average molecular weight is 271 g/mol. The molecule has 1 saturated heterocycles. The summed E-state index contributed by atoms with van der Waals surface area (Å²) in [6.07, 6.45) is 0. The van der Waals surface area contributed by atoms with E-state index in [2.05, 4.69) is 4.90 Å². The Morgan fingerprint density at radius 3 is 2.33 bits per heavy atom. The number of carbonyl (C=O) groups excluding carboxylic acids is 1. The molecule has 0 spiro atoms. The van der Waals surface area contributed by atoms with E-state index < -0.39 is 0 Å². The number of alkyl halides is 1. The highest BCUT2D eigenvalue weighted by atomic mass is 35.5. The van der Waals surface area contributed by atoms with Crippen LogP contribution in [-0.2, 0) is 0 Å². The molecule has 3 nitrogen and oxygen atoms in total. The molecule has 1 heterocycles. The fourth-order valence-corrected chi connectivity index (χ4v) is 2.31. The Balaban J connectivity index is 1.93. The van der Waals surface area contributed by atoms with Gasteiger partial charge in [0.2, 0.25) is 0 Å². The Morgan fingerprint density at radius 1 is 1.17 bits per heavy atom. The molecule has 1 aliphatic heterocycles. The molecule has 1 aliphatic rings. The zero-order valence-corrected chi connectivity index (χ0v) is 10.9. The predicted molar refractivity (Wildman–Crippen MR) is 69.5 cm³/mol. The maximum Gasteiger partial charge on any atom is 0.253 e. The van der Waals surface area contributed by atoms with Crippen molar-refractivity contribution in [1.29, 1.82) is 0 Å². The number of rotatable bonds is 3. The van der Waals surface area contributed by atoms with Crippen molar-refractivity contribution in [3.05, 3.63) is 35.6 Å². The van der Waals surface area contributed by atoms with Gasteiger partial charge in [-0.05, 0) is 24.3 Å². The topological polar surface area (TPSA) is 23.6 Å². The summed E-state index contributed by atoms with van der Waals surface area (Å²) in [6, 6.07) is 5.69. The van der Waals surface area contributed by atoms with Crippen molar-refractivity contribution in [1.82, 2.24) is 9.80 Å². The Labute approximate surface area is 111 Å². The predicted octanol–water partition coefficient (Wildman–Crippen LogP) is 1.82. The zero-order valence-electron chi connectivity index (χ0n) is 10.1. The van der Waals surface area contributed by atoms with Crippen LogP contribution in [0.1, 0.15) is 10.4 Å². The highest BCUT2D eigenvalue weighted by molar-refractivity contribution is 6.18. The quantitative estimate of drug-likeness (QED) is 0.783. The number of amides is 1. The van der Waals surface area contributed by atoms with Gasteiger partial charge in [-0.2, -0.15) is 0 Å². The minimum absolute atomic E-state index is 0.0273. The molecular weight excluding hydrogens is 255 g/mol. The third-order valence-corrected chi connectivity index (χ3v) is 3.32. The van der Waals surface area contributed by atoms with E-state index in [0.29, 0.717) is 24.5 Å². The van der Waals surface area contributed by atoms with Crippen LogP contribution in [0.15, 0.2) is 24.3 Å². The number of benzene rings is 1. The lowest BCUT2D eigenvalue weighted by Gasteiger charge is -2.34. The summed E-state index contributed by atoms with van der Waals surface area (Å²) < 4.78 is 12.8. The zero-order chi connectivity index (χ0) is 13.0. The van der Waals surface area contributed by atoms with Crippen LogP contribution >= 0.6 is 11.6 Å². The lowest BCUT2D eigenvalue weighted by atomic mass is 10.2. The average Bonchev–Trinajstić information content (AvgIpc) is 2.40. The van der Waals surface area contributed by atoms with Crippen LogP contribution in [0.2, 0.25) is 0 Å². The van der Waals surface area contributed by atoms with Crippen molar-refractivity contribution in [2.75, 3.05) is 38.6 Å². The van der Waals surface area contributed by atoms with Crippen LogP contribution in [0.4, 0.5) is 4.39 Å². The lowest BCUT2D eigenvalue weighted by Crippen LogP contribution is -2.49. The van der Waals surface area contributed by atoms with E-state index in [1.807, 2.05) is 0 Å². The van der Waals surface area contributed by atoms with Crippen molar-refractivity contribution in [2.24, 2.45) is 0 Å². The van der Waals surface area contributed by atoms with Crippen LogP contribution in [0.25, 0.3) is 0 Å². The van der Waals surface area contributed by atoms with Crippen LogP contribution in [-0.4, -0.2) is 54.3 Å². The van der Waals surface area contributed by atoms with E-state index in [9.17, 15) is 9.18 Å². The maximum atomic E-state index is 12.8. The summed E-state index contributed by atoms with van der Waals surface area (Å²) >= 11 is 5.69. The minimum Gasteiger partial charge on any atom is -0.336 e. The number of piperazine rings is 1. The molecule has 98 valence electrons. The number of hydrogen-bond donors (Lipinski definition) is 0. The molecule has 0 atom stereocenters. The molecule has 18 heavy (non-hydrogen) atoms. The first-order valence-corrected chi connectivity index (χ1v) is 6.57. The molecule has 0 N–H and O–H groups in total. The number of carbonyl (C=O) groups is 1. The van der Waals surface area contributed by atoms with Crippen LogP contribution < -0.4 is 0 Å². The second kappa shape index (κ2) is 6.16. The number of halogens is 2. The first-order chi connectivity index (χ1) is 8.70. The SMILES string of the molecule is O=C(c1ccc(F)cc1)N1CCN(CCCl)CC1. The van der Waals surface area contributed by atoms with E-state index in [4.69, 9.17) is 11.6 Å². The maximum absolute atomic E-state index is 12.8. The third-order valence-electron chi connectivity index (χ3n) is 3.15. The van der Waals surface area contributed by atoms with E-state index >= 15 is 0 Å². The van der Waals surface area contributed by atoms with Crippen molar-refractivity contribution in [2.45, 2.75) is 0 Å². The fourth-order valence-electron chi connectivity index (χ4n) is 2.07. The van der Waals surface area contributed by atoms with Gasteiger partial charge in [-0.3, -0.25) is 9.69 Å². The summed E-state index contributed by atoms with van der Waals surface area (Å²) in [5.41, 5.74) is 0.544. The normalized spacial score (nSPS) is 16.9. The van der Waals surface area contributed by atoms with Gasteiger partial charge in [0.05, 0.1) is 0 Å². The second-order valence-corrected chi connectivity index (χ2v) is 4.71. The van der Waals surface area contributed by atoms with Gasteiger partial charge in [-0.25, -0.2) is 4.39 Å². The smallest absolute Gasteiger partial charge is 0.253 e. The van der Waals surface area contributed by atoms with Gasteiger partial charge in [0.25, 0.3) is 5.91 Å². The van der Waals surface area contributed by atoms with Crippen LogP contribution in [0, 0.1) is 5.82 Å². The highest BCUT2D eigenvalue weighted by Crippen LogP contribution is 2.09. The van der Waals surface area contributed by atoms with E-state index in [0.717, 1.165) is 19.6 Å². The lowest BCUT2D eigenvalue weighted by molar-refractivity contribution is 0.0644. The highest BCUT2D eigenvalue weighted by Gasteiger charge is 2.21. The van der Waals surface area contributed by atoms with Gasteiger partial charge in [0.15, 0.2) is 0 Å². The van der Waals surface area contributed by atoms with Crippen molar-refractivity contribution in [3.63, 3.8) is 0 Å². The largest absolute Gasteiger partial charge is 0.336 e. The Morgan fingerprint density at radius 2 is 1.78 bits per heavy atom. The van der Waals surface area contributed by atoms with Gasteiger partial charge < -0.3 is 4.90 Å². The molecule has 1 amide bonds. The fraction of sp³-hybridized carbons (Fsp3) is 0.462. The van der Waals surface area contributed by atoms with Gasteiger partial charge in [-0.15, -0.1) is 11.6 Å². The third kappa shape index (κ3) is 3.21. The summed E-state index contributed by atoms with van der Waals surface area (Å²) in [5.74, 6) is 0.269. The molecule has 0 aliphatic carbocycles. The first-order valence-electron chi connectivity index (χ1n) is 6.04. The van der Waals surface area contributed by atoms with E-state index in [1.165, 1.54) is 24.3 Å². The van der Waals surface area contributed by atoms with Crippen molar-refractivity contribution in [3.8, 4) is 0 Å². The van der Waals surface area contributed by atoms with Gasteiger partial charge >= 0.3 is 0 Å². The van der Waals surface area contributed by atoms with Gasteiger partial charge in [0.1, 0.15) is 5.82 Å². The number of hydrogen-bond acceptors (Lipinski definition) is 2. The molecule has 0 unspecified atom stereocenters. The molecule has 0 bridgehead atoms. The molecule has 0 saturated carbocycles. The summed E-state index contributed by atoms with van der Waals surface area (Å²) in [4.78, 5) is 16.2. The molecule has 5 heteroatoms. The molecule has 0 aromatic heterocycles. The van der Waals surface area contributed by atoms with E-state index in [1.54, 1.807) is 4.90 Å². The van der Waals surface area contributed by atoms with Gasteiger partial charge in [-0.1, -0.05) is 0 Å². The van der Waals surface area contributed by atoms with E-state index in [-0.39, 0.29) is 11.7 Å². The summed E-state index contributed by atoms with van der Waals surface area (Å²) in [5, 5.41) is 0. The first kappa shape index (κ1) is 13.3. The monoisotopic (exact) mass is 270 g/mol. The molecule has 1 aromatic carbocycles. The molecule has 1 aromatic rings. The molecule has 2 rings (SSSR count). The molecule has 1 fully saturated rings. The summed E-state index contributed by atoms with van der Waals surface area (Å²) in [7, 11) is 0. The van der Waals surface area contributed by atoms with Crippen molar-refractivity contribution >= 4 is 17.5 Å². The Bertz CT molecular complexity index is 402. The van der Waals surface area contributed by atoms with Crippen LogP contribution in [0.3, 0.4) is 0 Å². The Kier molecular flexibility index (Phi) is 4.55. The number of nitrogens with zero attached hydrogens (tertiary/aromatic N) is 2. The molecule has 0 radical (unpaired) electrons. The minimum atomic E-state index is -0.321. The van der Waals surface area contributed by atoms with Gasteiger partial charge in [0, 0.05) is 44.2 Å². The van der Waals surface area contributed by atoms with Crippen molar-refractivity contribution < 1.29 is 9.18 Å². The molecular formula is C13H16ClFN2O.